The number of benzene rings is 2. The van der Waals surface area contributed by atoms with Gasteiger partial charge >= 0.3 is 0 Å². The molecule has 0 saturated carbocycles. The summed E-state index contributed by atoms with van der Waals surface area (Å²) in [6.45, 7) is 0.888. The molecule has 1 aromatic heterocycles. The maximum Gasteiger partial charge on any atom is 0.256 e. The number of pyridine rings is 1. The van der Waals surface area contributed by atoms with Crippen LogP contribution in [0.25, 0.3) is 0 Å². The average molecular weight is 403 g/mol. The Bertz CT molecular complexity index is 1100. The minimum absolute atomic E-state index is 0.169. The molecule has 0 saturated heterocycles. The summed E-state index contributed by atoms with van der Waals surface area (Å²) in [6, 6.07) is 14.2. The van der Waals surface area contributed by atoms with Crippen LogP contribution in [0.5, 0.6) is 11.5 Å². The molecule has 152 valence electrons. The molecule has 0 spiro atoms. The zero-order valence-electron chi connectivity index (χ0n) is 16.7. The number of hydrogen-bond donors (Lipinski definition) is 1. The monoisotopic (exact) mass is 403 g/mol. The van der Waals surface area contributed by atoms with Gasteiger partial charge in [0.25, 0.3) is 11.8 Å². The van der Waals surface area contributed by atoms with Gasteiger partial charge in [0.1, 0.15) is 11.5 Å². The lowest BCUT2D eigenvalue weighted by atomic mass is 10.0. The normalized spacial score (nSPS) is 12.5. The number of aromatic nitrogens is 1. The number of fused-ring (bicyclic) bond motifs is 1. The molecule has 2 heterocycles. The van der Waals surface area contributed by atoms with Gasteiger partial charge in [-0.1, -0.05) is 18.2 Å². The minimum Gasteiger partial charge on any atom is -0.497 e. The summed E-state index contributed by atoms with van der Waals surface area (Å²) in [5.41, 5.74) is 2.99. The highest BCUT2D eigenvalue weighted by atomic mass is 16.5. The number of nitrogens with zero attached hydrogens (tertiary/aromatic N) is 2. The van der Waals surface area contributed by atoms with Gasteiger partial charge in [-0.3, -0.25) is 14.6 Å². The largest absolute Gasteiger partial charge is 0.497 e. The van der Waals surface area contributed by atoms with Gasteiger partial charge < -0.3 is 19.7 Å². The number of nitrogens with one attached hydrogen (secondary N) is 1. The highest BCUT2D eigenvalue weighted by Crippen LogP contribution is 2.31. The maximum absolute atomic E-state index is 13.1. The Hall–Kier alpha value is -3.87. The van der Waals surface area contributed by atoms with Crippen LogP contribution in [0, 0.1) is 0 Å². The van der Waals surface area contributed by atoms with Crippen LogP contribution in [0.3, 0.4) is 0 Å². The Morgan fingerprint density at radius 3 is 2.73 bits per heavy atom. The predicted octanol–water partition coefficient (Wildman–Crippen LogP) is 3.51. The molecule has 1 aliphatic rings. The first-order chi connectivity index (χ1) is 14.6. The lowest BCUT2D eigenvalue weighted by molar-refractivity contribution is 0.0763. The lowest BCUT2D eigenvalue weighted by Gasteiger charge is -2.15. The van der Waals surface area contributed by atoms with E-state index < -0.39 is 0 Å². The molecule has 7 nitrogen and oxygen atoms in total. The van der Waals surface area contributed by atoms with Crippen molar-refractivity contribution in [2.75, 3.05) is 19.5 Å². The highest BCUT2D eigenvalue weighted by Gasteiger charge is 2.32. The summed E-state index contributed by atoms with van der Waals surface area (Å²) in [5, 5.41) is 2.84. The summed E-state index contributed by atoms with van der Waals surface area (Å²) in [7, 11) is 3.07. The van der Waals surface area contributed by atoms with Crippen LogP contribution >= 0.6 is 0 Å². The molecular weight excluding hydrogens is 382 g/mol. The fourth-order valence-corrected chi connectivity index (χ4v) is 3.55. The smallest absolute Gasteiger partial charge is 0.256 e. The van der Waals surface area contributed by atoms with Crippen LogP contribution in [-0.4, -0.2) is 35.9 Å². The summed E-state index contributed by atoms with van der Waals surface area (Å²) >= 11 is 0. The number of carbonyl (C=O) groups excluding carboxylic acids is 2. The van der Waals surface area contributed by atoms with Crippen molar-refractivity contribution in [1.29, 1.82) is 0 Å². The van der Waals surface area contributed by atoms with E-state index in [1.807, 2.05) is 18.2 Å². The van der Waals surface area contributed by atoms with Crippen molar-refractivity contribution in [3.05, 3.63) is 83.2 Å². The van der Waals surface area contributed by atoms with Crippen LogP contribution in [0.4, 0.5) is 5.69 Å². The van der Waals surface area contributed by atoms with Gasteiger partial charge in [-0.05, 0) is 35.4 Å². The van der Waals surface area contributed by atoms with Crippen molar-refractivity contribution in [2.45, 2.75) is 13.1 Å². The highest BCUT2D eigenvalue weighted by molar-refractivity contribution is 6.14. The first-order valence-electron chi connectivity index (χ1n) is 9.44. The fraction of sp³-hybridized carbons (Fsp3) is 0.174. The molecule has 0 atom stereocenters. The fourth-order valence-electron chi connectivity index (χ4n) is 3.55. The van der Waals surface area contributed by atoms with E-state index in [1.165, 1.54) is 7.11 Å². The topological polar surface area (TPSA) is 80.8 Å². The molecule has 0 fully saturated rings. The number of hydrogen-bond acceptors (Lipinski definition) is 5. The van der Waals surface area contributed by atoms with E-state index in [-0.39, 0.29) is 11.8 Å². The van der Waals surface area contributed by atoms with E-state index in [9.17, 15) is 9.59 Å². The molecule has 3 aromatic rings. The van der Waals surface area contributed by atoms with Crippen LogP contribution in [-0.2, 0) is 13.1 Å². The van der Waals surface area contributed by atoms with Gasteiger partial charge in [0.15, 0.2) is 0 Å². The maximum atomic E-state index is 13.1. The molecule has 2 aromatic carbocycles. The summed E-state index contributed by atoms with van der Waals surface area (Å²) < 4.78 is 10.6. The van der Waals surface area contributed by atoms with Crippen LogP contribution in [0.2, 0.25) is 0 Å². The molecular formula is C23H21N3O4. The zero-order valence-corrected chi connectivity index (χ0v) is 16.7. The summed E-state index contributed by atoms with van der Waals surface area (Å²) in [4.78, 5) is 32.0. The number of carbonyl (C=O) groups is 2. The van der Waals surface area contributed by atoms with Gasteiger partial charge in [-0.25, -0.2) is 0 Å². The summed E-state index contributed by atoms with van der Waals surface area (Å²) in [5.74, 6) is 0.538. The van der Waals surface area contributed by atoms with E-state index in [4.69, 9.17) is 9.47 Å². The van der Waals surface area contributed by atoms with Crippen molar-refractivity contribution in [3.8, 4) is 11.5 Å². The first-order valence-corrected chi connectivity index (χ1v) is 9.44. The van der Waals surface area contributed by atoms with Gasteiger partial charge in [0.2, 0.25) is 0 Å². The minimum atomic E-state index is -0.380. The SMILES string of the molecule is COc1ccc(OC)c(NC(=O)c2cccc3c2C(=O)N(Cc2cccnc2)C3)c1. The number of amides is 2. The van der Waals surface area contributed by atoms with Crippen LogP contribution in [0.1, 0.15) is 31.8 Å². The van der Waals surface area contributed by atoms with Gasteiger partial charge in [-0.15, -0.1) is 0 Å². The van der Waals surface area contributed by atoms with Crippen molar-refractivity contribution < 1.29 is 19.1 Å². The van der Waals surface area contributed by atoms with Gasteiger partial charge in [-0.2, -0.15) is 0 Å². The third-order valence-corrected chi connectivity index (χ3v) is 5.01. The third kappa shape index (κ3) is 3.69. The molecule has 0 radical (unpaired) electrons. The molecule has 2 amide bonds. The van der Waals surface area contributed by atoms with E-state index in [0.29, 0.717) is 41.4 Å². The number of methoxy groups -OCH3 is 2. The standard InChI is InChI=1S/C23H21N3O4/c1-29-17-8-9-20(30-2)19(11-17)25-22(27)18-7-3-6-16-14-26(23(28)21(16)18)13-15-5-4-10-24-12-15/h3-12H,13-14H2,1-2H3,(H,25,27). The lowest BCUT2D eigenvalue weighted by Crippen LogP contribution is -2.25. The average Bonchev–Trinajstić information content (AvgIpc) is 3.09. The second-order valence-corrected chi connectivity index (χ2v) is 6.88. The molecule has 7 heteroatoms. The van der Waals surface area contributed by atoms with Crippen molar-refractivity contribution in [3.63, 3.8) is 0 Å². The molecule has 0 aliphatic carbocycles. The Labute approximate surface area is 174 Å². The van der Waals surface area contributed by atoms with Gasteiger partial charge in [0, 0.05) is 31.5 Å². The molecule has 30 heavy (non-hydrogen) atoms. The Morgan fingerprint density at radius 2 is 2.00 bits per heavy atom. The Morgan fingerprint density at radius 1 is 1.13 bits per heavy atom. The molecule has 0 bridgehead atoms. The molecule has 1 N–H and O–H groups in total. The zero-order chi connectivity index (χ0) is 21.1. The van der Waals surface area contributed by atoms with Crippen molar-refractivity contribution in [2.24, 2.45) is 0 Å². The predicted molar refractivity (Wildman–Crippen MR) is 112 cm³/mol. The molecule has 4 rings (SSSR count). The first kappa shape index (κ1) is 19.4. The molecule has 0 unspecified atom stereocenters. The van der Waals surface area contributed by atoms with Crippen molar-refractivity contribution in [1.82, 2.24) is 9.88 Å². The van der Waals surface area contributed by atoms with Crippen molar-refractivity contribution >= 4 is 17.5 Å². The number of anilines is 1. The molecule has 1 aliphatic heterocycles. The van der Waals surface area contributed by atoms with Crippen LogP contribution in [0.15, 0.2) is 60.9 Å². The van der Waals surface area contributed by atoms with E-state index in [0.717, 1.165) is 11.1 Å². The van der Waals surface area contributed by atoms with E-state index in [2.05, 4.69) is 10.3 Å². The Balaban J connectivity index is 1.60. The summed E-state index contributed by atoms with van der Waals surface area (Å²) in [6.07, 6.45) is 3.43. The van der Waals surface area contributed by atoms with E-state index in [1.54, 1.807) is 54.7 Å². The number of ether oxygens (including phenoxy) is 2. The van der Waals surface area contributed by atoms with Gasteiger partial charge in [0.05, 0.1) is 31.0 Å². The van der Waals surface area contributed by atoms with Crippen LogP contribution < -0.4 is 14.8 Å². The second kappa shape index (κ2) is 8.24. The Kier molecular flexibility index (Phi) is 5.34. The number of rotatable bonds is 6. The second-order valence-electron chi connectivity index (χ2n) is 6.88. The third-order valence-electron chi connectivity index (χ3n) is 5.01. The van der Waals surface area contributed by atoms with E-state index >= 15 is 0 Å². The quantitative estimate of drug-likeness (QED) is 0.681.